The zero-order valence-electron chi connectivity index (χ0n) is 12.3. The summed E-state index contributed by atoms with van der Waals surface area (Å²) >= 11 is 3.78. The highest BCUT2D eigenvalue weighted by atomic mass is 79.9. The molecule has 4 aromatic carbocycles. The van der Waals surface area contributed by atoms with Crippen molar-refractivity contribution >= 4 is 37.5 Å². The monoisotopic (exact) mass is 357 g/mol. The Bertz CT molecular complexity index is 1080. The Morgan fingerprint density at radius 1 is 0.696 bits per heavy atom. The molecule has 0 bridgehead atoms. The zero-order chi connectivity index (χ0) is 15.8. The molecule has 0 aliphatic carbocycles. The van der Waals surface area contributed by atoms with Crippen LogP contribution in [-0.2, 0) is 0 Å². The third kappa shape index (κ3) is 2.13. The second-order valence-corrected chi connectivity index (χ2v) is 6.23. The fourth-order valence-corrected chi connectivity index (χ4v) is 3.92. The smallest absolute Gasteiger partial charge is 0.100 e. The minimum atomic E-state index is 0.733. The van der Waals surface area contributed by atoms with Gasteiger partial charge in [-0.25, -0.2) is 0 Å². The minimum Gasteiger partial charge on any atom is -0.192 e. The van der Waals surface area contributed by atoms with Crippen LogP contribution in [-0.4, -0.2) is 0 Å². The molecule has 0 saturated heterocycles. The van der Waals surface area contributed by atoms with Crippen molar-refractivity contribution < 1.29 is 0 Å². The Morgan fingerprint density at radius 2 is 1.35 bits per heavy atom. The van der Waals surface area contributed by atoms with Crippen LogP contribution in [0.1, 0.15) is 5.56 Å². The van der Waals surface area contributed by atoms with Gasteiger partial charge >= 0.3 is 0 Å². The maximum absolute atomic E-state index is 9.72. The summed E-state index contributed by atoms with van der Waals surface area (Å²) in [5, 5.41) is 13.9. The molecule has 0 heterocycles. The molecule has 0 unspecified atom stereocenters. The molecule has 0 aliphatic rings. The number of nitrogens with zero attached hydrogens (tertiary/aromatic N) is 1. The number of fused-ring (bicyclic) bond motifs is 2. The Labute approximate surface area is 142 Å². The topological polar surface area (TPSA) is 23.8 Å². The lowest BCUT2D eigenvalue weighted by molar-refractivity contribution is 1.51. The van der Waals surface area contributed by atoms with Crippen molar-refractivity contribution in [1.29, 1.82) is 5.26 Å². The Balaban J connectivity index is 2.25. The van der Waals surface area contributed by atoms with Gasteiger partial charge in [-0.15, -0.1) is 0 Å². The van der Waals surface area contributed by atoms with Gasteiger partial charge in [0.1, 0.15) is 6.07 Å². The maximum atomic E-state index is 9.72. The van der Waals surface area contributed by atoms with Crippen molar-refractivity contribution in [3.05, 3.63) is 82.8 Å². The summed E-state index contributed by atoms with van der Waals surface area (Å²) in [4.78, 5) is 0. The van der Waals surface area contributed by atoms with Crippen molar-refractivity contribution in [3.8, 4) is 17.2 Å². The molecule has 1 nitrogen and oxygen atoms in total. The van der Waals surface area contributed by atoms with Gasteiger partial charge in [0, 0.05) is 20.6 Å². The third-order valence-corrected chi connectivity index (χ3v) is 5.01. The van der Waals surface area contributed by atoms with E-state index in [-0.39, 0.29) is 0 Å². The predicted octanol–water partition coefficient (Wildman–Crippen LogP) is 6.29. The van der Waals surface area contributed by atoms with Crippen LogP contribution in [0.25, 0.3) is 32.7 Å². The lowest BCUT2D eigenvalue weighted by Crippen LogP contribution is -1.89. The molecular formula is C21H12BrN. The quantitative estimate of drug-likeness (QED) is 0.367. The first-order valence-corrected chi connectivity index (χ1v) is 8.19. The minimum absolute atomic E-state index is 0.733. The second kappa shape index (κ2) is 5.53. The van der Waals surface area contributed by atoms with E-state index in [1.54, 1.807) is 0 Å². The molecule has 23 heavy (non-hydrogen) atoms. The molecule has 0 aliphatic heterocycles. The standard InChI is InChI=1S/C21H12BrN/c22-21-18-10-5-4-9-16(18)19(13-23)17-12-6-11-15(20(17)21)14-7-2-1-3-8-14/h1-12H. The van der Waals surface area contributed by atoms with Crippen LogP contribution in [0, 0.1) is 11.3 Å². The first-order chi connectivity index (χ1) is 11.3. The molecule has 0 radical (unpaired) electrons. The predicted molar refractivity (Wildman–Crippen MR) is 99.3 cm³/mol. The van der Waals surface area contributed by atoms with Gasteiger partial charge in [-0.3, -0.25) is 0 Å². The number of rotatable bonds is 1. The normalized spacial score (nSPS) is 10.8. The van der Waals surface area contributed by atoms with E-state index in [9.17, 15) is 5.26 Å². The summed E-state index contributed by atoms with van der Waals surface area (Å²) in [6, 6.07) is 26.9. The SMILES string of the molecule is N#Cc1c2ccccc2c(Br)c2c(-c3ccccc3)cccc12. The molecule has 0 atom stereocenters. The fraction of sp³-hybridized carbons (Fsp3) is 0. The number of hydrogen-bond donors (Lipinski definition) is 0. The molecule has 4 rings (SSSR count). The average molecular weight is 358 g/mol. The van der Waals surface area contributed by atoms with Gasteiger partial charge in [-0.2, -0.15) is 5.26 Å². The van der Waals surface area contributed by atoms with Crippen molar-refractivity contribution in [2.75, 3.05) is 0 Å². The van der Waals surface area contributed by atoms with Gasteiger partial charge in [-0.1, -0.05) is 72.8 Å². The van der Waals surface area contributed by atoms with Crippen molar-refractivity contribution in [3.63, 3.8) is 0 Å². The molecule has 0 amide bonds. The molecule has 0 fully saturated rings. The lowest BCUT2D eigenvalue weighted by atomic mass is 9.92. The van der Waals surface area contributed by atoms with E-state index in [2.05, 4.69) is 46.3 Å². The van der Waals surface area contributed by atoms with Crippen molar-refractivity contribution in [2.45, 2.75) is 0 Å². The first-order valence-electron chi connectivity index (χ1n) is 7.39. The molecular weight excluding hydrogens is 346 g/mol. The van der Waals surface area contributed by atoms with Crippen LogP contribution in [0.15, 0.2) is 77.3 Å². The third-order valence-electron chi connectivity index (χ3n) is 4.18. The number of hydrogen-bond acceptors (Lipinski definition) is 1. The van der Waals surface area contributed by atoms with Gasteiger partial charge in [-0.05, 0) is 32.4 Å². The van der Waals surface area contributed by atoms with E-state index < -0.39 is 0 Å². The van der Waals surface area contributed by atoms with Gasteiger partial charge < -0.3 is 0 Å². The van der Waals surface area contributed by atoms with Gasteiger partial charge in [0.25, 0.3) is 0 Å². The van der Waals surface area contributed by atoms with Gasteiger partial charge in [0.15, 0.2) is 0 Å². The maximum Gasteiger partial charge on any atom is 0.100 e. The van der Waals surface area contributed by atoms with Gasteiger partial charge in [0.2, 0.25) is 0 Å². The largest absolute Gasteiger partial charge is 0.192 e. The summed E-state index contributed by atoms with van der Waals surface area (Å²) < 4.78 is 1.04. The Morgan fingerprint density at radius 3 is 2.09 bits per heavy atom. The summed E-state index contributed by atoms with van der Waals surface area (Å²) in [5.74, 6) is 0. The van der Waals surface area contributed by atoms with Crippen LogP contribution in [0.3, 0.4) is 0 Å². The van der Waals surface area contributed by atoms with Crippen molar-refractivity contribution in [1.82, 2.24) is 0 Å². The number of benzene rings is 4. The van der Waals surface area contributed by atoms with E-state index in [1.165, 1.54) is 0 Å². The highest BCUT2D eigenvalue weighted by molar-refractivity contribution is 9.10. The molecule has 0 N–H and O–H groups in total. The van der Waals surface area contributed by atoms with Crippen molar-refractivity contribution in [2.24, 2.45) is 0 Å². The number of nitriles is 1. The van der Waals surface area contributed by atoms with Crippen LogP contribution >= 0.6 is 15.9 Å². The summed E-state index contributed by atoms with van der Waals surface area (Å²) in [5.41, 5.74) is 3.02. The highest BCUT2D eigenvalue weighted by Gasteiger charge is 2.15. The van der Waals surface area contributed by atoms with Crippen LogP contribution in [0.5, 0.6) is 0 Å². The fourth-order valence-electron chi connectivity index (χ4n) is 3.15. The molecule has 2 heteroatoms. The van der Waals surface area contributed by atoms with E-state index in [1.807, 2.05) is 48.5 Å². The molecule has 0 saturated carbocycles. The highest BCUT2D eigenvalue weighted by Crippen LogP contribution is 2.40. The van der Waals surface area contributed by atoms with Crippen LogP contribution in [0.2, 0.25) is 0 Å². The van der Waals surface area contributed by atoms with Crippen LogP contribution < -0.4 is 0 Å². The molecule has 0 spiro atoms. The Kier molecular flexibility index (Phi) is 3.37. The molecule has 4 aromatic rings. The zero-order valence-corrected chi connectivity index (χ0v) is 13.8. The Hall–Kier alpha value is -2.63. The van der Waals surface area contributed by atoms with Gasteiger partial charge in [0.05, 0.1) is 5.56 Å². The van der Waals surface area contributed by atoms with E-state index in [4.69, 9.17) is 0 Å². The molecule has 0 aromatic heterocycles. The lowest BCUT2D eigenvalue weighted by Gasteiger charge is -2.13. The average Bonchev–Trinajstić information content (AvgIpc) is 2.62. The first kappa shape index (κ1) is 14.0. The van der Waals surface area contributed by atoms with E-state index in [0.717, 1.165) is 42.7 Å². The van der Waals surface area contributed by atoms with E-state index in [0.29, 0.717) is 0 Å². The summed E-state index contributed by atoms with van der Waals surface area (Å²) in [6.07, 6.45) is 0. The van der Waals surface area contributed by atoms with Crippen LogP contribution in [0.4, 0.5) is 0 Å². The molecule has 108 valence electrons. The van der Waals surface area contributed by atoms with E-state index >= 15 is 0 Å². The summed E-state index contributed by atoms with van der Waals surface area (Å²) in [6.45, 7) is 0. The number of halogens is 1. The summed E-state index contributed by atoms with van der Waals surface area (Å²) in [7, 11) is 0. The second-order valence-electron chi connectivity index (χ2n) is 5.44.